The Bertz CT molecular complexity index is 433. The first kappa shape index (κ1) is 16.1. The number of nitrogens with zero attached hydrogens (tertiary/aromatic N) is 4. The lowest BCUT2D eigenvalue weighted by Gasteiger charge is -2.21. The minimum atomic E-state index is 0.716. The Morgan fingerprint density at radius 2 is 1.85 bits per heavy atom. The van der Waals surface area contributed by atoms with Gasteiger partial charge >= 0.3 is 0 Å². The van der Waals surface area contributed by atoms with Crippen molar-refractivity contribution in [3.05, 3.63) is 16.4 Å². The maximum absolute atomic E-state index is 6.43. The summed E-state index contributed by atoms with van der Waals surface area (Å²) in [6.45, 7) is 8.37. The molecule has 0 radical (unpaired) electrons. The maximum atomic E-state index is 6.43. The van der Waals surface area contributed by atoms with Crippen LogP contribution in [-0.4, -0.2) is 58.2 Å². The zero-order valence-electron chi connectivity index (χ0n) is 12.4. The Hall–Kier alpha value is -0.290. The van der Waals surface area contributed by atoms with E-state index in [0.29, 0.717) is 5.88 Å². The largest absolute Gasteiger partial charge is 0.301 e. The van der Waals surface area contributed by atoms with Crippen LogP contribution >= 0.6 is 23.2 Å². The number of hydrogen-bond acceptors (Lipinski definition) is 3. The lowest BCUT2D eigenvalue weighted by atomic mass is 10.3. The van der Waals surface area contributed by atoms with Gasteiger partial charge in [0.05, 0.1) is 16.4 Å². The van der Waals surface area contributed by atoms with E-state index in [1.807, 2.05) is 11.7 Å². The van der Waals surface area contributed by atoms with Crippen molar-refractivity contribution in [1.29, 1.82) is 0 Å². The van der Waals surface area contributed by atoms with Crippen molar-refractivity contribution in [2.24, 2.45) is 7.05 Å². The van der Waals surface area contributed by atoms with Crippen LogP contribution in [0.3, 0.4) is 0 Å². The minimum Gasteiger partial charge on any atom is -0.301 e. The molecule has 0 bridgehead atoms. The molecule has 0 saturated carbocycles. The van der Waals surface area contributed by atoms with Crippen molar-refractivity contribution < 1.29 is 0 Å². The molecule has 114 valence electrons. The van der Waals surface area contributed by atoms with E-state index in [9.17, 15) is 0 Å². The maximum Gasteiger partial charge on any atom is 0.0863 e. The van der Waals surface area contributed by atoms with E-state index in [1.54, 1.807) is 0 Å². The van der Waals surface area contributed by atoms with Gasteiger partial charge in [-0.3, -0.25) is 9.58 Å². The molecule has 0 amide bonds. The molecule has 2 heterocycles. The number of aryl methyl sites for hydroxylation is 2. The fourth-order valence-electron chi connectivity index (χ4n) is 2.73. The second-order valence-corrected chi connectivity index (χ2v) is 6.10. The third-order valence-corrected chi connectivity index (χ3v) is 4.56. The lowest BCUT2D eigenvalue weighted by Crippen LogP contribution is -2.32. The standard InChI is InChI=1S/C14H24Cl2N4/c1-3-12-14(16)13(18(2)17-12)11-20-7-4-6-19(8-5-15)9-10-20/h3-11H2,1-2H3. The van der Waals surface area contributed by atoms with Gasteiger partial charge in [-0.25, -0.2) is 0 Å². The molecular weight excluding hydrogens is 295 g/mol. The average molecular weight is 319 g/mol. The van der Waals surface area contributed by atoms with Gasteiger partial charge in [-0.15, -0.1) is 11.6 Å². The topological polar surface area (TPSA) is 24.3 Å². The molecule has 0 N–H and O–H groups in total. The smallest absolute Gasteiger partial charge is 0.0863 e. The van der Waals surface area contributed by atoms with Gasteiger partial charge in [0.2, 0.25) is 0 Å². The zero-order chi connectivity index (χ0) is 14.5. The molecular formula is C14H24Cl2N4. The van der Waals surface area contributed by atoms with E-state index in [0.717, 1.165) is 62.1 Å². The molecule has 1 aliphatic heterocycles. The monoisotopic (exact) mass is 318 g/mol. The summed E-state index contributed by atoms with van der Waals surface area (Å²) in [7, 11) is 1.98. The van der Waals surface area contributed by atoms with Gasteiger partial charge in [-0.2, -0.15) is 5.10 Å². The quantitative estimate of drug-likeness (QED) is 0.779. The molecule has 1 saturated heterocycles. The molecule has 0 aliphatic carbocycles. The average Bonchev–Trinajstić information content (AvgIpc) is 2.61. The zero-order valence-corrected chi connectivity index (χ0v) is 13.9. The van der Waals surface area contributed by atoms with Crippen molar-refractivity contribution in [1.82, 2.24) is 19.6 Å². The van der Waals surface area contributed by atoms with Gasteiger partial charge in [-0.05, 0) is 25.9 Å². The third-order valence-electron chi connectivity index (χ3n) is 3.96. The predicted octanol–water partition coefficient (Wildman–Crippen LogP) is 2.38. The van der Waals surface area contributed by atoms with Crippen LogP contribution in [0, 0.1) is 0 Å². The summed E-state index contributed by atoms with van der Waals surface area (Å²) in [5.41, 5.74) is 2.14. The Balaban J connectivity index is 1.98. The van der Waals surface area contributed by atoms with E-state index in [4.69, 9.17) is 23.2 Å². The highest BCUT2D eigenvalue weighted by molar-refractivity contribution is 6.31. The number of rotatable bonds is 5. The highest BCUT2D eigenvalue weighted by Gasteiger charge is 2.19. The first-order chi connectivity index (χ1) is 9.65. The molecule has 20 heavy (non-hydrogen) atoms. The van der Waals surface area contributed by atoms with Crippen LogP contribution in [0.2, 0.25) is 5.02 Å². The van der Waals surface area contributed by atoms with Crippen LogP contribution in [0.1, 0.15) is 24.7 Å². The second-order valence-electron chi connectivity index (χ2n) is 5.34. The van der Waals surface area contributed by atoms with Crippen molar-refractivity contribution in [2.75, 3.05) is 38.6 Å². The Morgan fingerprint density at radius 1 is 1.15 bits per heavy atom. The Morgan fingerprint density at radius 3 is 2.50 bits per heavy atom. The predicted molar refractivity (Wildman–Crippen MR) is 84.7 cm³/mol. The Kier molecular flexibility index (Phi) is 6.15. The summed E-state index contributed by atoms with van der Waals surface area (Å²) in [6.07, 6.45) is 2.07. The Labute approximate surface area is 131 Å². The number of aromatic nitrogens is 2. The molecule has 1 aliphatic rings. The number of hydrogen-bond donors (Lipinski definition) is 0. The van der Waals surface area contributed by atoms with E-state index in [-0.39, 0.29) is 0 Å². The summed E-state index contributed by atoms with van der Waals surface area (Å²) in [4.78, 5) is 4.91. The molecule has 0 aromatic carbocycles. The normalized spacial score (nSPS) is 18.4. The summed E-state index contributed by atoms with van der Waals surface area (Å²) >= 11 is 12.3. The summed E-state index contributed by atoms with van der Waals surface area (Å²) < 4.78 is 1.93. The fourth-order valence-corrected chi connectivity index (χ4v) is 3.32. The highest BCUT2D eigenvalue weighted by atomic mass is 35.5. The van der Waals surface area contributed by atoms with E-state index >= 15 is 0 Å². The molecule has 4 nitrogen and oxygen atoms in total. The fraction of sp³-hybridized carbons (Fsp3) is 0.786. The minimum absolute atomic E-state index is 0.716. The van der Waals surface area contributed by atoms with Crippen molar-refractivity contribution in [3.8, 4) is 0 Å². The van der Waals surface area contributed by atoms with Gasteiger partial charge in [0.15, 0.2) is 0 Å². The van der Waals surface area contributed by atoms with E-state index < -0.39 is 0 Å². The van der Waals surface area contributed by atoms with Crippen LogP contribution in [-0.2, 0) is 20.0 Å². The van der Waals surface area contributed by atoms with Crippen LogP contribution in [0.5, 0.6) is 0 Å². The first-order valence-electron chi connectivity index (χ1n) is 7.36. The summed E-state index contributed by atoms with van der Waals surface area (Å²) in [5.74, 6) is 0.716. The number of halogens is 2. The molecule has 0 unspecified atom stereocenters. The second kappa shape index (κ2) is 7.64. The van der Waals surface area contributed by atoms with Crippen LogP contribution in [0.25, 0.3) is 0 Å². The van der Waals surface area contributed by atoms with Crippen LogP contribution < -0.4 is 0 Å². The summed E-state index contributed by atoms with van der Waals surface area (Å²) in [5, 5.41) is 5.34. The SMILES string of the molecule is CCc1nn(C)c(CN2CCCN(CCCl)CC2)c1Cl. The van der Waals surface area contributed by atoms with Gasteiger partial charge in [0, 0.05) is 39.1 Å². The van der Waals surface area contributed by atoms with Crippen LogP contribution in [0.4, 0.5) is 0 Å². The summed E-state index contributed by atoms with van der Waals surface area (Å²) in [6, 6.07) is 0. The molecule has 0 atom stereocenters. The molecule has 0 spiro atoms. The molecule has 1 fully saturated rings. The lowest BCUT2D eigenvalue weighted by molar-refractivity contribution is 0.253. The van der Waals surface area contributed by atoms with E-state index in [2.05, 4.69) is 21.8 Å². The van der Waals surface area contributed by atoms with Crippen molar-refractivity contribution >= 4 is 23.2 Å². The molecule has 1 aromatic heterocycles. The van der Waals surface area contributed by atoms with Gasteiger partial charge in [0.25, 0.3) is 0 Å². The number of alkyl halides is 1. The van der Waals surface area contributed by atoms with Crippen LogP contribution in [0.15, 0.2) is 0 Å². The van der Waals surface area contributed by atoms with Gasteiger partial charge < -0.3 is 4.90 Å². The highest BCUT2D eigenvalue weighted by Crippen LogP contribution is 2.22. The van der Waals surface area contributed by atoms with Crippen molar-refractivity contribution in [2.45, 2.75) is 26.3 Å². The van der Waals surface area contributed by atoms with E-state index in [1.165, 1.54) is 6.42 Å². The van der Waals surface area contributed by atoms with Crippen molar-refractivity contribution in [3.63, 3.8) is 0 Å². The molecule has 6 heteroatoms. The van der Waals surface area contributed by atoms with Gasteiger partial charge in [0.1, 0.15) is 0 Å². The third kappa shape index (κ3) is 3.88. The molecule has 1 aromatic rings. The van der Waals surface area contributed by atoms with Gasteiger partial charge in [-0.1, -0.05) is 18.5 Å². The first-order valence-corrected chi connectivity index (χ1v) is 8.27. The molecule has 2 rings (SSSR count).